The summed E-state index contributed by atoms with van der Waals surface area (Å²) >= 11 is 0.936. The van der Waals surface area contributed by atoms with E-state index >= 15 is 0 Å². The van der Waals surface area contributed by atoms with Crippen LogP contribution in [0.3, 0.4) is 0 Å². The second-order valence-corrected chi connectivity index (χ2v) is 6.82. The number of nitrogens with zero attached hydrogens (tertiary/aromatic N) is 2. The normalized spacial score (nSPS) is 11.9. The monoisotopic (exact) mass is 314 g/mol. The second-order valence-electron chi connectivity index (χ2n) is 4.64. The van der Waals surface area contributed by atoms with Gasteiger partial charge >= 0.3 is 0 Å². The summed E-state index contributed by atoms with van der Waals surface area (Å²) in [5.74, 6) is -0.238. The minimum Gasteiger partial charge on any atom is -0.278 e. The Morgan fingerprint density at radius 1 is 1.35 bits per heavy atom. The van der Waals surface area contributed by atoms with Crippen LogP contribution in [0.15, 0.2) is 23.1 Å². The number of rotatable bonds is 5. The van der Waals surface area contributed by atoms with Gasteiger partial charge in [0.15, 0.2) is 0 Å². The highest BCUT2D eigenvalue weighted by molar-refractivity contribution is 7.89. The lowest BCUT2D eigenvalue weighted by atomic mass is 10.1. The van der Waals surface area contributed by atoms with Crippen molar-refractivity contribution in [3.8, 4) is 0 Å². The van der Waals surface area contributed by atoms with Crippen LogP contribution in [0.25, 0.3) is 11.0 Å². The summed E-state index contributed by atoms with van der Waals surface area (Å²) in [7, 11) is -3.87. The maximum Gasteiger partial charge on any atom is 0.259 e. The zero-order chi connectivity index (χ0) is 14.8. The molecule has 0 saturated heterocycles. The molecule has 0 aliphatic carbocycles. The number of sulfonamides is 1. The van der Waals surface area contributed by atoms with Crippen molar-refractivity contribution >= 4 is 38.7 Å². The van der Waals surface area contributed by atoms with E-state index in [9.17, 15) is 13.2 Å². The van der Waals surface area contributed by atoms with E-state index in [1.54, 1.807) is 12.1 Å². The fourth-order valence-electron chi connectivity index (χ4n) is 1.60. The van der Waals surface area contributed by atoms with Crippen molar-refractivity contribution in [1.82, 2.24) is 19.0 Å². The summed E-state index contributed by atoms with van der Waals surface area (Å²) in [6.45, 7) is 3.74. The number of benzene rings is 1. The molecule has 108 valence electrons. The second kappa shape index (κ2) is 5.81. The molecule has 0 atom stereocenters. The van der Waals surface area contributed by atoms with Gasteiger partial charge in [-0.25, -0.2) is 8.42 Å². The lowest BCUT2D eigenvalue weighted by molar-refractivity contribution is -0.122. The topological polar surface area (TPSA) is 101 Å². The van der Waals surface area contributed by atoms with Gasteiger partial charge in [0.05, 0.1) is 11.7 Å². The molecule has 0 aliphatic heterocycles. The molecule has 0 radical (unpaired) electrons. The largest absolute Gasteiger partial charge is 0.278 e. The maximum atomic E-state index is 12.1. The summed E-state index contributed by atoms with van der Waals surface area (Å²) in [4.78, 5) is 13.5. The van der Waals surface area contributed by atoms with E-state index in [0.717, 1.165) is 11.7 Å². The van der Waals surface area contributed by atoms with Crippen LogP contribution in [0.2, 0.25) is 0 Å². The van der Waals surface area contributed by atoms with E-state index in [0.29, 0.717) is 11.0 Å². The van der Waals surface area contributed by atoms with Gasteiger partial charge in [-0.2, -0.15) is 8.75 Å². The standard InChI is InChI=1S/C11H14N4O3S2/c1-7(2)6-10(16)12-15-20(17,18)9-5-3-4-8-11(9)14-19-13-8/h3-5,7,15H,6H2,1-2H3,(H,12,16). The van der Waals surface area contributed by atoms with Gasteiger partial charge in [-0.3, -0.25) is 10.2 Å². The molecule has 1 aromatic carbocycles. The Morgan fingerprint density at radius 3 is 2.80 bits per heavy atom. The van der Waals surface area contributed by atoms with Gasteiger partial charge in [0.25, 0.3) is 10.0 Å². The van der Waals surface area contributed by atoms with Crippen molar-refractivity contribution in [2.24, 2.45) is 5.92 Å². The number of carbonyl (C=O) groups excluding carboxylic acids is 1. The van der Waals surface area contributed by atoms with Gasteiger partial charge in [-0.1, -0.05) is 19.9 Å². The molecule has 1 amide bonds. The predicted molar refractivity (Wildman–Crippen MR) is 75.3 cm³/mol. The summed E-state index contributed by atoms with van der Waals surface area (Å²) in [6, 6.07) is 4.67. The molecule has 1 aromatic heterocycles. The smallest absolute Gasteiger partial charge is 0.259 e. The van der Waals surface area contributed by atoms with Crippen LogP contribution in [0.1, 0.15) is 20.3 Å². The molecule has 9 heteroatoms. The molecule has 2 rings (SSSR count). The first-order valence-corrected chi connectivity index (χ1v) is 8.13. The van der Waals surface area contributed by atoms with Crippen molar-refractivity contribution in [2.45, 2.75) is 25.2 Å². The minimum atomic E-state index is -3.87. The third kappa shape index (κ3) is 3.30. The Kier molecular flexibility index (Phi) is 4.31. The van der Waals surface area contributed by atoms with Crippen LogP contribution in [-0.2, 0) is 14.8 Å². The number of hydrogen-bond donors (Lipinski definition) is 2. The fourth-order valence-corrected chi connectivity index (χ4v) is 3.23. The minimum absolute atomic E-state index is 0.00593. The Labute approximate surface area is 120 Å². The zero-order valence-electron chi connectivity index (χ0n) is 11.0. The van der Waals surface area contributed by atoms with E-state index in [2.05, 4.69) is 19.0 Å². The molecular weight excluding hydrogens is 300 g/mol. The molecular formula is C11H14N4O3S2. The SMILES string of the molecule is CC(C)CC(=O)NNS(=O)(=O)c1cccc2nsnc12. The number of aromatic nitrogens is 2. The lowest BCUT2D eigenvalue weighted by Gasteiger charge is -2.09. The van der Waals surface area contributed by atoms with Crippen LogP contribution < -0.4 is 10.3 Å². The van der Waals surface area contributed by atoms with Crippen LogP contribution >= 0.6 is 11.7 Å². The average Bonchev–Trinajstić information content (AvgIpc) is 2.83. The predicted octanol–water partition coefficient (Wildman–Crippen LogP) is 1.05. The number of amides is 1. The Hall–Kier alpha value is -1.58. The number of fused-ring (bicyclic) bond motifs is 1. The Bertz CT molecular complexity index is 724. The Morgan fingerprint density at radius 2 is 2.10 bits per heavy atom. The molecule has 0 saturated carbocycles. The first-order chi connectivity index (χ1) is 9.40. The number of carbonyl (C=O) groups is 1. The van der Waals surface area contributed by atoms with Crippen molar-refractivity contribution < 1.29 is 13.2 Å². The van der Waals surface area contributed by atoms with Crippen molar-refractivity contribution in [1.29, 1.82) is 0 Å². The molecule has 0 spiro atoms. The van der Waals surface area contributed by atoms with Gasteiger partial charge in [0.1, 0.15) is 15.9 Å². The average molecular weight is 314 g/mol. The highest BCUT2D eigenvalue weighted by Crippen LogP contribution is 2.20. The number of nitrogens with one attached hydrogen (secondary N) is 2. The molecule has 0 bridgehead atoms. The molecule has 2 aromatic rings. The van der Waals surface area contributed by atoms with Crippen molar-refractivity contribution in [3.63, 3.8) is 0 Å². The highest BCUT2D eigenvalue weighted by Gasteiger charge is 2.20. The van der Waals surface area contributed by atoms with Crippen LogP contribution in [0.4, 0.5) is 0 Å². The van der Waals surface area contributed by atoms with Crippen LogP contribution in [0.5, 0.6) is 0 Å². The third-order valence-electron chi connectivity index (χ3n) is 2.46. The van der Waals surface area contributed by atoms with E-state index < -0.39 is 10.0 Å². The van der Waals surface area contributed by atoms with Gasteiger partial charge in [0, 0.05) is 6.42 Å². The molecule has 1 heterocycles. The summed E-state index contributed by atoms with van der Waals surface area (Å²) in [5.41, 5.74) is 2.99. The summed E-state index contributed by atoms with van der Waals surface area (Å²) in [5, 5.41) is 0. The van der Waals surface area contributed by atoms with Crippen LogP contribution in [-0.4, -0.2) is 23.1 Å². The first kappa shape index (κ1) is 14.8. The van der Waals surface area contributed by atoms with Gasteiger partial charge in [-0.15, -0.1) is 4.83 Å². The van der Waals surface area contributed by atoms with Gasteiger partial charge < -0.3 is 0 Å². The molecule has 0 unspecified atom stereocenters. The molecule has 0 aliphatic rings. The van der Waals surface area contributed by atoms with Crippen LogP contribution in [0, 0.1) is 5.92 Å². The van der Waals surface area contributed by atoms with E-state index in [-0.39, 0.29) is 23.1 Å². The summed E-state index contributed by atoms with van der Waals surface area (Å²) < 4.78 is 32.2. The van der Waals surface area contributed by atoms with Gasteiger partial charge in [0.2, 0.25) is 5.91 Å². The number of hydrazine groups is 1. The highest BCUT2D eigenvalue weighted by atomic mass is 32.2. The molecule has 20 heavy (non-hydrogen) atoms. The first-order valence-electron chi connectivity index (χ1n) is 5.92. The zero-order valence-corrected chi connectivity index (χ0v) is 12.6. The molecule has 2 N–H and O–H groups in total. The molecule has 0 fully saturated rings. The van der Waals surface area contributed by atoms with E-state index in [1.165, 1.54) is 6.07 Å². The van der Waals surface area contributed by atoms with E-state index in [4.69, 9.17) is 0 Å². The fraction of sp³-hybridized carbons (Fsp3) is 0.364. The quantitative estimate of drug-likeness (QED) is 0.803. The van der Waals surface area contributed by atoms with E-state index in [1.807, 2.05) is 13.8 Å². The Balaban J connectivity index is 2.19. The van der Waals surface area contributed by atoms with Crippen molar-refractivity contribution in [2.75, 3.05) is 0 Å². The number of hydrogen-bond acceptors (Lipinski definition) is 6. The van der Waals surface area contributed by atoms with Gasteiger partial charge in [-0.05, 0) is 18.1 Å². The maximum absolute atomic E-state index is 12.1. The third-order valence-corrected chi connectivity index (χ3v) is 4.28. The van der Waals surface area contributed by atoms with Crippen molar-refractivity contribution in [3.05, 3.63) is 18.2 Å². The molecule has 7 nitrogen and oxygen atoms in total. The lowest BCUT2D eigenvalue weighted by Crippen LogP contribution is -2.41. The summed E-state index contributed by atoms with van der Waals surface area (Å²) in [6.07, 6.45) is 0.241.